The first kappa shape index (κ1) is 16.3. The fraction of sp³-hybridized carbons (Fsp3) is 0.769. The Hall–Kier alpha value is -1.79. The number of nitrogens with zero attached hydrogens (tertiary/aromatic N) is 2. The summed E-state index contributed by atoms with van der Waals surface area (Å²) in [6, 6.07) is -0.548. The highest BCUT2D eigenvalue weighted by Crippen LogP contribution is 2.20. The van der Waals surface area contributed by atoms with Gasteiger partial charge in [0, 0.05) is 26.2 Å². The van der Waals surface area contributed by atoms with Crippen molar-refractivity contribution >= 4 is 17.9 Å². The summed E-state index contributed by atoms with van der Waals surface area (Å²) in [7, 11) is 1.56. The minimum atomic E-state index is -0.902. The Morgan fingerprint density at radius 2 is 2.05 bits per heavy atom. The van der Waals surface area contributed by atoms with Gasteiger partial charge in [0.1, 0.15) is 6.54 Å². The number of piperidine rings is 1. The van der Waals surface area contributed by atoms with Gasteiger partial charge in [-0.15, -0.1) is 0 Å². The zero-order valence-corrected chi connectivity index (χ0v) is 12.1. The quantitative estimate of drug-likeness (QED) is 0.770. The Morgan fingerprint density at radius 3 is 2.65 bits per heavy atom. The number of hydrogen-bond donors (Lipinski definition) is 2. The van der Waals surface area contributed by atoms with Crippen molar-refractivity contribution in [3.63, 3.8) is 0 Å². The molecule has 0 aromatic heterocycles. The molecule has 0 aromatic rings. The van der Waals surface area contributed by atoms with Crippen molar-refractivity contribution in [3.05, 3.63) is 0 Å². The molecule has 1 fully saturated rings. The number of likely N-dealkylation sites (N-methyl/N-ethyl adjacent to an activating group) is 2. The summed E-state index contributed by atoms with van der Waals surface area (Å²) in [6.45, 7) is 2.87. The third kappa shape index (κ3) is 4.71. The van der Waals surface area contributed by atoms with E-state index in [2.05, 4.69) is 5.32 Å². The molecule has 1 aliphatic heterocycles. The molecule has 1 saturated heterocycles. The van der Waals surface area contributed by atoms with Crippen molar-refractivity contribution in [2.75, 3.05) is 26.7 Å². The normalized spacial score (nSPS) is 18.5. The van der Waals surface area contributed by atoms with E-state index in [4.69, 9.17) is 5.11 Å². The Kier molecular flexibility index (Phi) is 6.27. The highest BCUT2D eigenvalue weighted by atomic mass is 16.4. The van der Waals surface area contributed by atoms with Crippen LogP contribution in [0.15, 0.2) is 0 Å². The molecule has 1 atom stereocenters. The maximum absolute atomic E-state index is 12.3. The van der Waals surface area contributed by atoms with E-state index in [1.807, 2.05) is 6.92 Å². The van der Waals surface area contributed by atoms with Gasteiger partial charge in [-0.1, -0.05) is 0 Å². The van der Waals surface area contributed by atoms with Crippen LogP contribution in [0.2, 0.25) is 0 Å². The van der Waals surface area contributed by atoms with Crippen LogP contribution in [0.3, 0.4) is 0 Å². The Bertz CT molecular complexity index is 373. The molecule has 7 nitrogen and oxygen atoms in total. The Balaban J connectivity index is 2.62. The number of carbonyl (C=O) groups excluding carboxylic acids is 2. The molecule has 0 aromatic carbocycles. The molecule has 114 valence electrons. The molecule has 0 spiro atoms. The van der Waals surface area contributed by atoms with E-state index in [0.29, 0.717) is 19.5 Å². The molecule has 0 bridgehead atoms. The van der Waals surface area contributed by atoms with Crippen molar-refractivity contribution in [2.45, 2.75) is 38.6 Å². The van der Waals surface area contributed by atoms with Gasteiger partial charge in [-0.2, -0.15) is 0 Å². The number of rotatable bonds is 5. The van der Waals surface area contributed by atoms with E-state index in [9.17, 15) is 14.4 Å². The maximum Gasteiger partial charge on any atom is 0.320 e. The largest absolute Gasteiger partial charge is 0.481 e. The number of hydrogen-bond acceptors (Lipinski definition) is 3. The molecule has 1 aliphatic rings. The number of carboxylic acids is 1. The average molecular weight is 285 g/mol. The zero-order valence-electron chi connectivity index (χ0n) is 12.1. The van der Waals surface area contributed by atoms with E-state index < -0.39 is 5.97 Å². The van der Waals surface area contributed by atoms with Gasteiger partial charge >= 0.3 is 12.0 Å². The molecule has 1 heterocycles. The fourth-order valence-electron chi connectivity index (χ4n) is 2.42. The summed E-state index contributed by atoms with van der Waals surface area (Å²) in [6.07, 6.45) is 2.46. The van der Waals surface area contributed by atoms with E-state index in [1.54, 1.807) is 11.9 Å². The number of likely N-dealkylation sites (tertiary alicyclic amines) is 1. The number of carbonyl (C=O) groups is 3. The maximum atomic E-state index is 12.3. The lowest BCUT2D eigenvalue weighted by molar-refractivity contribution is -0.138. The van der Waals surface area contributed by atoms with E-state index in [-0.39, 0.29) is 30.9 Å². The first-order chi connectivity index (χ1) is 9.45. The van der Waals surface area contributed by atoms with Gasteiger partial charge in [0.05, 0.1) is 6.42 Å². The minimum Gasteiger partial charge on any atom is -0.481 e. The second kappa shape index (κ2) is 7.72. The van der Waals surface area contributed by atoms with Gasteiger partial charge in [-0.05, 0) is 26.2 Å². The van der Waals surface area contributed by atoms with Crippen molar-refractivity contribution < 1.29 is 19.5 Å². The van der Waals surface area contributed by atoms with Crippen LogP contribution in [-0.2, 0) is 9.59 Å². The average Bonchev–Trinajstić information content (AvgIpc) is 2.38. The van der Waals surface area contributed by atoms with Crippen molar-refractivity contribution in [2.24, 2.45) is 0 Å². The van der Waals surface area contributed by atoms with Gasteiger partial charge in [0.2, 0.25) is 5.91 Å². The van der Waals surface area contributed by atoms with Crippen molar-refractivity contribution in [3.8, 4) is 0 Å². The van der Waals surface area contributed by atoms with Crippen LogP contribution in [0.1, 0.15) is 32.6 Å². The van der Waals surface area contributed by atoms with E-state index in [0.717, 1.165) is 12.8 Å². The van der Waals surface area contributed by atoms with Crippen LogP contribution in [-0.4, -0.2) is 65.5 Å². The summed E-state index contributed by atoms with van der Waals surface area (Å²) in [4.78, 5) is 37.6. The molecule has 3 amide bonds. The minimum absolute atomic E-state index is 0.0109. The third-order valence-electron chi connectivity index (χ3n) is 3.36. The first-order valence-corrected chi connectivity index (χ1v) is 6.96. The molecule has 1 rings (SSSR count). The predicted octanol–water partition coefficient (Wildman–Crippen LogP) is 0.504. The van der Waals surface area contributed by atoms with Gasteiger partial charge in [0.15, 0.2) is 0 Å². The van der Waals surface area contributed by atoms with Crippen LogP contribution in [0.4, 0.5) is 4.79 Å². The molecule has 7 heteroatoms. The van der Waals surface area contributed by atoms with Crippen LogP contribution in [0, 0.1) is 0 Å². The summed E-state index contributed by atoms with van der Waals surface area (Å²) in [5.74, 6) is -1.11. The molecular weight excluding hydrogens is 262 g/mol. The summed E-state index contributed by atoms with van der Waals surface area (Å²) < 4.78 is 0. The number of urea groups is 1. The summed E-state index contributed by atoms with van der Waals surface area (Å²) in [5, 5.41) is 11.5. The van der Waals surface area contributed by atoms with Gasteiger partial charge in [0.25, 0.3) is 0 Å². The van der Waals surface area contributed by atoms with E-state index in [1.165, 1.54) is 4.90 Å². The lowest BCUT2D eigenvalue weighted by Crippen LogP contribution is -2.51. The first-order valence-electron chi connectivity index (χ1n) is 6.96. The zero-order chi connectivity index (χ0) is 15.1. The highest BCUT2D eigenvalue weighted by Gasteiger charge is 2.30. The van der Waals surface area contributed by atoms with Gasteiger partial charge < -0.3 is 20.2 Å². The Morgan fingerprint density at radius 1 is 1.35 bits per heavy atom. The van der Waals surface area contributed by atoms with Gasteiger partial charge in [-0.3, -0.25) is 9.59 Å². The van der Waals surface area contributed by atoms with Crippen LogP contribution in [0.25, 0.3) is 0 Å². The van der Waals surface area contributed by atoms with Crippen LogP contribution >= 0.6 is 0 Å². The SMILES string of the molecule is CCNC(=O)CN(C)C(=O)N1CCCCC1CC(=O)O. The lowest BCUT2D eigenvalue weighted by atomic mass is 10.00. The topological polar surface area (TPSA) is 90.0 Å². The summed E-state index contributed by atoms with van der Waals surface area (Å²) >= 11 is 0. The lowest BCUT2D eigenvalue weighted by Gasteiger charge is -2.37. The Labute approximate surface area is 118 Å². The highest BCUT2D eigenvalue weighted by molar-refractivity contribution is 5.84. The number of amides is 3. The number of nitrogens with one attached hydrogen (secondary N) is 1. The van der Waals surface area contributed by atoms with Crippen molar-refractivity contribution in [1.29, 1.82) is 0 Å². The fourth-order valence-corrected chi connectivity index (χ4v) is 2.42. The molecule has 20 heavy (non-hydrogen) atoms. The molecule has 0 saturated carbocycles. The smallest absolute Gasteiger partial charge is 0.320 e. The summed E-state index contributed by atoms with van der Waals surface area (Å²) in [5.41, 5.74) is 0. The van der Waals surface area contributed by atoms with Crippen LogP contribution in [0.5, 0.6) is 0 Å². The molecule has 0 radical (unpaired) electrons. The molecule has 2 N–H and O–H groups in total. The van der Waals surface area contributed by atoms with Crippen molar-refractivity contribution in [1.82, 2.24) is 15.1 Å². The van der Waals surface area contributed by atoms with Gasteiger partial charge in [-0.25, -0.2) is 4.79 Å². The molecule has 0 aliphatic carbocycles. The van der Waals surface area contributed by atoms with Crippen LogP contribution < -0.4 is 5.32 Å². The van der Waals surface area contributed by atoms with E-state index >= 15 is 0 Å². The number of carboxylic acid groups (broad SMARTS) is 1. The predicted molar refractivity (Wildman–Crippen MR) is 73.3 cm³/mol. The number of aliphatic carboxylic acids is 1. The third-order valence-corrected chi connectivity index (χ3v) is 3.36. The standard InChI is InChI=1S/C13H23N3O4/c1-3-14-11(17)9-15(2)13(20)16-7-5-4-6-10(16)8-12(18)19/h10H,3-9H2,1-2H3,(H,14,17)(H,18,19). The second-order valence-corrected chi connectivity index (χ2v) is 5.03. The second-order valence-electron chi connectivity index (χ2n) is 5.03. The monoisotopic (exact) mass is 285 g/mol. The molecular formula is C13H23N3O4. The molecule has 1 unspecified atom stereocenters.